The Morgan fingerprint density at radius 1 is 1.37 bits per heavy atom. The molecule has 0 aromatic heterocycles. The van der Waals surface area contributed by atoms with E-state index in [1.807, 2.05) is 6.92 Å². The van der Waals surface area contributed by atoms with Crippen molar-refractivity contribution in [3.63, 3.8) is 0 Å². The molecule has 0 aromatic rings. The molecule has 1 fully saturated rings. The average molecular weight is 265 g/mol. The highest BCUT2D eigenvalue weighted by molar-refractivity contribution is 5.81. The first-order valence-corrected chi connectivity index (χ1v) is 7.57. The minimum atomic E-state index is -0.205. The summed E-state index contributed by atoms with van der Waals surface area (Å²) in [7, 11) is 0. The van der Waals surface area contributed by atoms with E-state index in [1.54, 1.807) is 0 Å². The van der Waals surface area contributed by atoms with E-state index in [1.165, 1.54) is 12.8 Å². The van der Waals surface area contributed by atoms with Crippen LogP contribution in [0.1, 0.15) is 59.3 Å². The molecule has 1 aliphatic rings. The molecule has 19 heavy (non-hydrogen) atoms. The summed E-state index contributed by atoms with van der Waals surface area (Å²) in [5.74, 6) is 0.0656. The second-order valence-electron chi connectivity index (χ2n) is 5.47. The molecule has 1 rings (SSSR count). The molecule has 1 unspecified atom stereocenters. The predicted octanol–water partition coefficient (Wildman–Crippen LogP) is 2.45. The summed E-state index contributed by atoms with van der Waals surface area (Å²) >= 11 is 0. The third-order valence-electron chi connectivity index (χ3n) is 4.26. The molecule has 0 heterocycles. The van der Waals surface area contributed by atoms with Crippen LogP contribution in [0.4, 0.5) is 0 Å². The van der Waals surface area contributed by atoms with Gasteiger partial charge >= 0.3 is 0 Å². The van der Waals surface area contributed by atoms with Crippen molar-refractivity contribution in [2.45, 2.75) is 77.4 Å². The van der Waals surface area contributed by atoms with Gasteiger partial charge < -0.3 is 5.32 Å². The third kappa shape index (κ3) is 4.50. The molecule has 1 aliphatic carbocycles. The van der Waals surface area contributed by atoms with Gasteiger partial charge in [0.15, 0.2) is 0 Å². The molecule has 4 nitrogen and oxygen atoms in total. The van der Waals surface area contributed by atoms with E-state index in [-0.39, 0.29) is 18.0 Å². The Morgan fingerprint density at radius 2 is 1.95 bits per heavy atom. The molecular formula is C15H27N3O. The van der Waals surface area contributed by atoms with E-state index in [0.717, 1.165) is 25.7 Å². The number of amides is 1. The van der Waals surface area contributed by atoms with E-state index in [4.69, 9.17) is 5.26 Å². The lowest BCUT2D eigenvalue weighted by atomic mass is 10.1. The smallest absolute Gasteiger partial charge is 0.237 e. The van der Waals surface area contributed by atoms with Gasteiger partial charge in [0, 0.05) is 12.1 Å². The van der Waals surface area contributed by atoms with Gasteiger partial charge in [-0.05, 0) is 32.6 Å². The van der Waals surface area contributed by atoms with Crippen LogP contribution in [0.25, 0.3) is 0 Å². The fourth-order valence-corrected chi connectivity index (χ4v) is 2.87. The summed E-state index contributed by atoms with van der Waals surface area (Å²) in [6, 6.07) is 2.66. The van der Waals surface area contributed by atoms with Crippen molar-refractivity contribution in [2.75, 3.05) is 6.54 Å². The normalized spacial score (nSPS) is 17.7. The van der Waals surface area contributed by atoms with Gasteiger partial charge in [-0.3, -0.25) is 9.69 Å². The van der Waals surface area contributed by atoms with E-state index < -0.39 is 0 Å². The largest absolute Gasteiger partial charge is 0.352 e. The van der Waals surface area contributed by atoms with Crippen LogP contribution in [0.2, 0.25) is 0 Å². The third-order valence-corrected chi connectivity index (χ3v) is 4.26. The molecule has 1 amide bonds. The lowest BCUT2D eigenvalue weighted by Gasteiger charge is -2.32. The van der Waals surface area contributed by atoms with E-state index in [0.29, 0.717) is 12.6 Å². The fourth-order valence-electron chi connectivity index (χ4n) is 2.87. The average Bonchev–Trinajstić information content (AvgIpc) is 2.94. The van der Waals surface area contributed by atoms with Crippen LogP contribution in [-0.4, -0.2) is 35.5 Å². The SMILES string of the molecule is CCC(CC)NC(=O)C(C)N(CC#N)C1CCCC1. The first-order valence-electron chi connectivity index (χ1n) is 7.57. The van der Waals surface area contributed by atoms with Crippen LogP contribution in [0, 0.1) is 11.3 Å². The molecule has 0 bridgehead atoms. The van der Waals surface area contributed by atoms with Crippen LogP contribution in [0.5, 0.6) is 0 Å². The highest BCUT2D eigenvalue weighted by Crippen LogP contribution is 2.24. The molecular weight excluding hydrogens is 238 g/mol. The van der Waals surface area contributed by atoms with E-state index >= 15 is 0 Å². The maximum absolute atomic E-state index is 12.3. The standard InChI is InChI=1S/C15H27N3O/c1-4-13(5-2)17-15(19)12(3)18(11-10-16)14-8-6-7-9-14/h12-14H,4-9,11H2,1-3H3,(H,17,19). The lowest BCUT2D eigenvalue weighted by Crippen LogP contribution is -2.51. The Morgan fingerprint density at radius 3 is 2.42 bits per heavy atom. The summed E-state index contributed by atoms with van der Waals surface area (Å²) in [5, 5.41) is 12.1. The Bertz CT molecular complexity index is 314. The second-order valence-corrected chi connectivity index (χ2v) is 5.47. The topological polar surface area (TPSA) is 56.1 Å². The zero-order valence-electron chi connectivity index (χ0n) is 12.5. The molecule has 1 atom stereocenters. The van der Waals surface area contributed by atoms with Crippen molar-refractivity contribution < 1.29 is 4.79 Å². The Balaban J connectivity index is 2.62. The van der Waals surface area contributed by atoms with Gasteiger partial charge in [-0.1, -0.05) is 26.7 Å². The first kappa shape index (κ1) is 16.0. The van der Waals surface area contributed by atoms with Crippen LogP contribution >= 0.6 is 0 Å². The Hall–Kier alpha value is -1.08. The summed E-state index contributed by atoms with van der Waals surface area (Å²) in [6.45, 7) is 6.45. The van der Waals surface area contributed by atoms with Crippen LogP contribution in [-0.2, 0) is 4.79 Å². The lowest BCUT2D eigenvalue weighted by molar-refractivity contribution is -0.127. The summed E-state index contributed by atoms with van der Waals surface area (Å²) in [5.41, 5.74) is 0. The Labute approximate surface area is 117 Å². The van der Waals surface area contributed by atoms with Crippen LogP contribution < -0.4 is 5.32 Å². The van der Waals surface area contributed by atoms with Crippen molar-refractivity contribution in [1.82, 2.24) is 10.2 Å². The number of hydrogen-bond donors (Lipinski definition) is 1. The van der Waals surface area contributed by atoms with Crippen molar-refractivity contribution >= 4 is 5.91 Å². The number of hydrogen-bond acceptors (Lipinski definition) is 3. The predicted molar refractivity (Wildman–Crippen MR) is 76.5 cm³/mol. The minimum Gasteiger partial charge on any atom is -0.352 e. The number of carbonyl (C=O) groups is 1. The highest BCUT2D eigenvalue weighted by Gasteiger charge is 2.30. The van der Waals surface area contributed by atoms with Gasteiger partial charge in [0.1, 0.15) is 0 Å². The van der Waals surface area contributed by atoms with Gasteiger partial charge in [-0.15, -0.1) is 0 Å². The maximum atomic E-state index is 12.3. The second kappa shape index (κ2) is 8.16. The monoisotopic (exact) mass is 265 g/mol. The summed E-state index contributed by atoms with van der Waals surface area (Å²) in [6.07, 6.45) is 6.57. The zero-order valence-corrected chi connectivity index (χ0v) is 12.5. The molecule has 108 valence electrons. The quantitative estimate of drug-likeness (QED) is 0.719. The molecule has 1 saturated carbocycles. The van der Waals surface area contributed by atoms with Gasteiger partial charge in [0.2, 0.25) is 5.91 Å². The minimum absolute atomic E-state index is 0.0656. The van der Waals surface area contributed by atoms with Gasteiger partial charge in [-0.25, -0.2) is 0 Å². The first-order chi connectivity index (χ1) is 9.13. The zero-order chi connectivity index (χ0) is 14.3. The molecule has 1 N–H and O–H groups in total. The molecule has 0 aliphatic heterocycles. The maximum Gasteiger partial charge on any atom is 0.237 e. The van der Waals surface area contributed by atoms with E-state index in [2.05, 4.69) is 30.1 Å². The molecule has 0 aromatic carbocycles. The molecule has 4 heteroatoms. The number of nitriles is 1. The van der Waals surface area contributed by atoms with Gasteiger partial charge in [0.25, 0.3) is 0 Å². The number of carbonyl (C=O) groups excluding carboxylic acids is 1. The van der Waals surface area contributed by atoms with Crippen molar-refractivity contribution in [3.8, 4) is 6.07 Å². The molecule has 0 radical (unpaired) electrons. The highest BCUT2D eigenvalue weighted by atomic mass is 16.2. The number of nitrogens with zero attached hydrogens (tertiary/aromatic N) is 2. The van der Waals surface area contributed by atoms with Crippen LogP contribution in [0.3, 0.4) is 0 Å². The molecule has 0 spiro atoms. The molecule has 0 saturated heterocycles. The van der Waals surface area contributed by atoms with Gasteiger partial charge in [-0.2, -0.15) is 5.26 Å². The number of nitrogens with one attached hydrogen (secondary N) is 1. The van der Waals surface area contributed by atoms with E-state index in [9.17, 15) is 4.79 Å². The van der Waals surface area contributed by atoms with Crippen molar-refractivity contribution in [2.24, 2.45) is 0 Å². The Kier molecular flexibility index (Phi) is 6.86. The summed E-state index contributed by atoms with van der Waals surface area (Å²) < 4.78 is 0. The summed E-state index contributed by atoms with van der Waals surface area (Å²) in [4.78, 5) is 14.4. The van der Waals surface area contributed by atoms with Crippen molar-refractivity contribution in [3.05, 3.63) is 0 Å². The van der Waals surface area contributed by atoms with Crippen molar-refractivity contribution in [1.29, 1.82) is 5.26 Å². The number of rotatable bonds is 7. The van der Waals surface area contributed by atoms with Gasteiger partial charge in [0.05, 0.1) is 18.7 Å². The fraction of sp³-hybridized carbons (Fsp3) is 0.867. The van der Waals surface area contributed by atoms with Crippen LogP contribution in [0.15, 0.2) is 0 Å².